The Labute approximate surface area is 106 Å². The Morgan fingerprint density at radius 3 is 2.59 bits per heavy atom. The second kappa shape index (κ2) is 5.82. The van der Waals surface area contributed by atoms with Gasteiger partial charge in [0.05, 0.1) is 7.11 Å². The van der Waals surface area contributed by atoms with Crippen LogP contribution >= 0.6 is 11.6 Å². The lowest BCUT2D eigenvalue weighted by Crippen LogP contribution is -2.35. The number of carbonyl (C=O) groups excluding carboxylic acids is 1. The molecule has 1 aromatic rings. The van der Waals surface area contributed by atoms with Crippen LogP contribution in [0.4, 0.5) is 5.82 Å². The van der Waals surface area contributed by atoms with Gasteiger partial charge in [-0.25, -0.2) is 14.8 Å². The fraction of sp³-hybridized carbons (Fsp3) is 0.545. The minimum atomic E-state index is -0.453. The van der Waals surface area contributed by atoms with Crippen molar-refractivity contribution in [2.24, 2.45) is 5.92 Å². The first-order valence-corrected chi connectivity index (χ1v) is 5.67. The van der Waals surface area contributed by atoms with Gasteiger partial charge in [0.15, 0.2) is 0 Å². The molecule has 1 heterocycles. The molecule has 0 aromatic carbocycles. The summed E-state index contributed by atoms with van der Waals surface area (Å²) < 4.78 is 4.73. The number of rotatable bonds is 4. The third-order valence-corrected chi connectivity index (χ3v) is 2.42. The lowest BCUT2D eigenvalue weighted by Gasteiger charge is -2.20. The van der Waals surface area contributed by atoms with Crippen LogP contribution in [0, 0.1) is 12.8 Å². The summed E-state index contributed by atoms with van der Waals surface area (Å²) in [5.74, 6) is 0.274. The zero-order chi connectivity index (χ0) is 13.0. The molecule has 6 heteroatoms. The SMILES string of the molecule is COC(=O)C(Nc1cc(C)nc(Cl)n1)C(C)C. The second-order valence-electron chi connectivity index (χ2n) is 4.05. The summed E-state index contributed by atoms with van der Waals surface area (Å²) in [6, 6.07) is 1.27. The number of aromatic nitrogens is 2. The van der Waals surface area contributed by atoms with Crippen molar-refractivity contribution < 1.29 is 9.53 Å². The van der Waals surface area contributed by atoms with Crippen molar-refractivity contribution in [3.63, 3.8) is 0 Å². The van der Waals surface area contributed by atoms with Gasteiger partial charge in [-0.3, -0.25) is 0 Å². The molecule has 0 aliphatic heterocycles. The fourth-order valence-electron chi connectivity index (χ4n) is 1.39. The Bertz CT molecular complexity index is 389. The third kappa shape index (κ3) is 3.85. The first-order valence-electron chi connectivity index (χ1n) is 5.29. The minimum Gasteiger partial charge on any atom is -0.467 e. The maximum Gasteiger partial charge on any atom is 0.328 e. The van der Waals surface area contributed by atoms with Crippen LogP contribution in [0.1, 0.15) is 19.5 Å². The van der Waals surface area contributed by atoms with Crippen LogP contribution in [0.15, 0.2) is 6.07 Å². The van der Waals surface area contributed by atoms with Gasteiger partial charge in [0.2, 0.25) is 5.28 Å². The quantitative estimate of drug-likeness (QED) is 0.661. The highest BCUT2D eigenvalue weighted by atomic mass is 35.5. The standard InChI is InChI=1S/C11H16ClN3O2/c1-6(2)9(10(16)17-4)14-8-5-7(3)13-11(12)15-8/h5-6,9H,1-4H3,(H,13,14,15). The van der Waals surface area contributed by atoms with E-state index in [0.717, 1.165) is 5.69 Å². The van der Waals surface area contributed by atoms with Crippen molar-refractivity contribution in [1.82, 2.24) is 9.97 Å². The van der Waals surface area contributed by atoms with E-state index in [1.165, 1.54) is 7.11 Å². The molecule has 0 radical (unpaired) electrons. The smallest absolute Gasteiger partial charge is 0.328 e. The average molecular weight is 258 g/mol. The number of esters is 1. The van der Waals surface area contributed by atoms with Crippen molar-refractivity contribution in [3.05, 3.63) is 17.0 Å². The Morgan fingerprint density at radius 2 is 2.12 bits per heavy atom. The second-order valence-corrected chi connectivity index (χ2v) is 4.39. The Morgan fingerprint density at radius 1 is 1.47 bits per heavy atom. The molecule has 0 saturated heterocycles. The third-order valence-electron chi connectivity index (χ3n) is 2.25. The van der Waals surface area contributed by atoms with Crippen LogP contribution in [0.3, 0.4) is 0 Å². The van der Waals surface area contributed by atoms with Gasteiger partial charge in [0.25, 0.3) is 0 Å². The Kier molecular flexibility index (Phi) is 4.69. The van der Waals surface area contributed by atoms with Gasteiger partial charge in [-0.15, -0.1) is 0 Å². The summed E-state index contributed by atoms with van der Waals surface area (Å²) in [7, 11) is 1.36. The van der Waals surface area contributed by atoms with Crippen LogP contribution in [0.5, 0.6) is 0 Å². The molecular formula is C11H16ClN3O2. The first kappa shape index (κ1) is 13.7. The predicted octanol–water partition coefficient (Wildman–Crippen LogP) is 2.05. The summed E-state index contributed by atoms with van der Waals surface area (Å²) in [6.07, 6.45) is 0. The van der Waals surface area contributed by atoms with Crippen molar-refractivity contribution in [2.75, 3.05) is 12.4 Å². The molecule has 1 N–H and O–H groups in total. The van der Waals surface area contributed by atoms with Crippen molar-refractivity contribution in [1.29, 1.82) is 0 Å². The number of aryl methyl sites for hydroxylation is 1. The van der Waals surface area contributed by atoms with Gasteiger partial charge in [-0.1, -0.05) is 13.8 Å². The van der Waals surface area contributed by atoms with Gasteiger partial charge in [0.1, 0.15) is 11.9 Å². The van der Waals surface area contributed by atoms with Crippen molar-refractivity contribution >= 4 is 23.4 Å². The summed E-state index contributed by atoms with van der Waals surface area (Å²) in [4.78, 5) is 19.5. The van der Waals surface area contributed by atoms with Crippen molar-refractivity contribution in [3.8, 4) is 0 Å². The summed E-state index contributed by atoms with van der Waals surface area (Å²) in [5, 5.41) is 3.15. The van der Waals surface area contributed by atoms with Crippen molar-refractivity contribution in [2.45, 2.75) is 26.8 Å². The average Bonchev–Trinajstić information content (AvgIpc) is 2.23. The zero-order valence-electron chi connectivity index (χ0n) is 10.3. The number of anilines is 1. The molecular weight excluding hydrogens is 242 g/mol. The van der Waals surface area contributed by atoms with Gasteiger partial charge in [-0.05, 0) is 24.4 Å². The molecule has 94 valence electrons. The number of hydrogen-bond acceptors (Lipinski definition) is 5. The van der Waals surface area contributed by atoms with E-state index < -0.39 is 6.04 Å². The number of halogens is 1. The number of ether oxygens (including phenoxy) is 1. The van der Waals surface area contributed by atoms with E-state index in [-0.39, 0.29) is 17.2 Å². The van der Waals surface area contributed by atoms with E-state index in [1.807, 2.05) is 13.8 Å². The molecule has 0 fully saturated rings. The van der Waals surface area contributed by atoms with Crippen LogP contribution in [0.2, 0.25) is 5.28 Å². The molecule has 0 aliphatic rings. The van der Waals surface area contributed by atoms with Gasteiger partial charge in [-0.2, -0.15) is 0 Å². The number of nitrogens with zero attached hydrogens (tertiary/aromatic N) is 2. The highest BCUT2D eigenvalue weighted by Gasteiger charge is 2.23. The maximum absolute atomic E-state index is 11.6. The fourth-order valence-corrected chi connectivity index (χ4v) is 1.61. The van der Waals surface area contributed by atoms with E-state index >= 15 is 0 Å². The zero-order valence-corrected chi connectivity index (χ0v) is 11.1. The number of carbonyl (C=O) groups is 1. The number of methoxy groups -OCH3 is 1. The van der Waals surface area contributed by atoms with Crippen LogP contribution < -0.4 is 5.32 Å². The van der Waals surface area contributed by atoms with Crippen LogP contribution in [0.25, 0.3) is 0 Å². The highest BCUT2D eigenvalue weighted by Crippen LogP contribution is 2.14. The molecule has 0 bridgehead atoms. The normalized spacial score (nSPS) is 12.4. The van der Waals surface area contributed by atoms with E-state index in [9.17, 15) is 4.79 Å². The molecule has 1 rings (SSSR count). The number of nitrogens with one attached hydrogen (secondary N) is 1. The summed E-state index contributed by atoms with van der Waals surface area (Å²) >= 11 is 5.75. The lowest BCUT2D eigenvalue weighted by atomic mass is 10.0. The van der Waals surface area contributed by atoms with Crippen LogP contribution in [-0.2, 0) is 9.53 Å². The molecule has 1 unspecified atom stereocenters. The van der Waals surface area contributed by atoms with E-state index in [2.05, 4.69) is 15.3 Å². The maximum atomic E-state index is 11.6. The monoisotopic (exact) mass is 257 g/mol. The van der Waals surface area contributed by atoms with E-state index in [4.69, 9.17) is 16.3 Å². The first-order chi connectivity index (χ1) is 7.93. The van der Waals surface area contributed by atoms with Crippen LogP contribution in [-0.4, -0.2) is 29.1 Å². The Balaban J connectivity index is 2.89. The minimum absolute atomic E-state index is 0.0801. The summed E-state index contributed by atoms with van der Waals surface area (Å²) in [5.41, 5.74) is 0.736. The molecule has 17 heavy (non-hydrogen) atoms. The predicted molar refractivity (Wildman–Crippen MR) is 66.0 cm³/mol. The molecule has 0 aliphatic carbocycles. The van der Waals surface area contributed by atoms with Gasteiger partial charge in [0, 0.05) is 11.8 Å². The molecule has 0 amide bonds. The molecule has 1 atom stereocenters. The van der Waals surface area contributed by atoms with E-state index in [0.29, 0.717) is 5.82 Å². The topological polar surface area (TPSA) is 64.1 Å². The summed E-state index contributed by atoms with van der Waals surface area (Å²) in [6.45, 7) is 5.65. The molecule has 1 aromatic heterocycles. The van der Waals surface area contributed by atoms with E-state index in [1.54, 1.807) is 13.0 Å². The molecule has 0 saturated carbocycles. The highest BCUT2D eigenvalue weighted by molar-refractivity contribution is 6.28. The molecule has 0 spiro atoms. The number of hydrogen-bond donors (Lipinski definition) is 1. The Hall–Kier alpha value is -1.36. The largest absolute Gasteiger partial charge is 0.467 e. The lowest BCUT2D eigenvalue weighted by molar-refractivity contribution is -0.142. The van der Waals surface area contributed by atoms with Gasteiger partial charge >= 0.3 is 5.97 Å². The molecule has 5 nitrogen and oxygen atoms in total. The van der Waals surface area contributed by atoms with Gasteiger partial charge < -0.3 is 10.1 Å².